The largest absolute Gasteiger partial charge is 0.497 e. The summed E-state index contributed by atoms with van der Waals surface area (Å²) in [6.07, 6.45) is 1.50. The van der Waals surface area contributed by atoms with E-state index >= 15 is 0 Å². The van der Waals surface area contributed by atoms with Crippen molar-refractivity contribution in [3.8, 4) is 11.4 Å². The number of methoxy groups -OCH3 is 1. The lowest BCUT2D eigenvalue weighted by Crippen LogP contribution is -2.44. The van der Waals surface area contributed by atoms with Gasteiger partial charge in [0.1, 0.15) is 11.5 Å². The van der Waals surface area contributed by atoms with Gasteiger partial charge in [-0.1, -0.05) is 0 Å². The van der Waals surface area contributed by atoms with Gasteiger partial charge in [0.05, 0.1) is 19.9 Å². The van der Waals surface area contributed by atoms with Crippen molar-refractivity contribution in [2.75, 3.05) is 7.11 Å². The number of carbonyl (C=O) groups excluding carboxylic acids is 1. The SMILES string of the molecule is COc1ccc(-[n+]2[nH]oc(=O)c2C(=O)NCc2ccco2)cc1. The zero-order chi connectivity index (χ0) is 16.2. The number of nitrogens with zero attached hydrogens (tertiary/aromatic N) is 1. The third kappa shape index (κ3) is 3.00. The molecular weight excluding hydrogens is 302 g/mol. The molecule has 0 bridgehead atoms. The van der Waals surface area contributed by atoms with E-state index in [4.69, 9.17) is 13.7 Å². The number of ether oxygens (including phenoxy) is 1. The van der Waals surface area contributed by atoms with Crippen molar-refractivity contribution in [1.82, 2.24) is 10.6 Å². The lowest BCUT2D eigenvalue weighted by Gasteiger charge is -1.99. The molecule has 3 aromatic rings. The molecule has 23 heavy (non-hydrogen) atoms. The molecular formula is C15H14N3O5+. The molecule has 3 rings (SSSR count). The standard InChI is InChI=1S/C15H13N3O5/c1-21-11-6-4-10(5-7-11)18-13(15(20)23-17-18)14(19)16-9-12-3-2-8-22-12/h2-8H,9H2,1H3,(H-,16,17,19,20)/p+1. The minimum Gasteiger partial charge on any atom is -0.497 e. The Labute approximate surface area is 130 Å². The number of H-pyrrole nitrogens is 1. The van der Waals surface area contributed by atoms with Crippen LogP contribution >= 0.6 is 0 Å². The van der Waals surface area contributed by atoms with E-state index in [2.05, 4.69) is 10.6 Å². The van der Waals surface area contributed by atoms with Gasteiger partial charge >= 0.3 is 17.2 Å². The lowest BCUT2D eigenvalue weighted by atomic mass is 10.3. The Morgan fingerprint density at radius 3 is 2.74 bits per heavy atom. The number of benzene rings is 1. The van der Waals surface area contributed by atoms with Crippen LogP contribution in [0.2, 0.25) is 0 Å². The van der Waals surface area contributed by atoms with Crippen LogP contribution in [0.25, 0.3) is 5.69 Å². The third-order valence-electron chi connectivity index (χ3n) is 3.20. The summed E-state index contributed by atoms with van der Waals surface area (Å²) < 4.78 is 16.2. The first kappa shape index (κ1) is 14.6. The van der Waals surface area contributed by atoms with Gasteiger partial charge in [0.2, 0.25) is 5.69 Å². The van der Waals surface area contributed by atoms with Crippen molar-refractivity contribution in [3.63, 3.8) is 0 Å². The molecule has 0 saturated heterocycles. The highest BCUT2D eigenvalue weighted by atomic mass is 16.5. The molecule has 8 heteroatoms. The van der Waals surface area contributed by atoms with Gasteiger partial charge in [0.15, 0.2) is 0 Å². The minimum absolute atomic E-state index is 0.165. The summed E-state index contributed by atoms with van der Waals surface area (Å²) in [7, 11) is 1.55. The molecule has 2 aromatic heterocycles. The number of aromatic nitrogens is 2. The number of furan rings is 1. The second kappa shape index (κ2) is 6.22. The molecule has 0 fully saturated rings. The molecule has 0 saturated carbocycles. The minimum atomic E-state index is -0.766. The molecule has 0 radical (unpaired) electrons. The number of carbonyl (C=O) groups is 1. The first-order chi connectivity index (χ1) is 11.2. The molecule has 1 amide bonds. The molecule has 8 nitrogen and oxygen atoms in total. The van der Waals surface area contributed by atoms with Gasteiger partial charge in [-0.15, -0.1) is 0 Å². The predicted molar refractivity (Wildman–Crippen MR) is 77.3 cm³/mol. The third-order valence-corrected chi connectivity index (χ3v) is 3.20. The van der Waals surface area contributed by atoms with Crippen LogP contribution in [-0.2, 0) is 6.54 Å². The Balaban J connectivity index is 1.85. The van der Waals surface area contributed by atoms with Gasteiger partial charge in [-0.3, -0.25) is 9.32 Å². The van der Waals surface area contributed by atoms with Crippen LogP contribution in [0.15, 0.2) is 56.4 Å². The first-order valence-corrected chi connectivity index (χ1v) is 6.77. The second-order valence-corrected chi connectivity index (χ2v) is 4.62. The van der Waals surface area contributed by atoms with Crippen LogP contribution in [0.5, 0.6) is 5.75 Å². The first-order valence-electron chi connectivity index (χ1n) is 6.77. The molecule has 0 atom stereocenters. The van der Waals surface area contributed by atoms with Crippen LogP contribution in [0.1, 0.15) is 16.2 Å². The zero-order valence-corrected chi connectivity index (χ0v) is 12.2. The summed E-state index contributed by atoms with van der Waals surface area (Å²) in [5.74, 6) is 0.658. The zero-order valence-electron chi connectivity index (χ0n) is 12.2. The van der Waals surface area contributed by atoms with Crippen LogP contribution in [0.4, 0.5) is 0 Å². The summed E-state index contributed by atoms with van der Waals surface area (Å²) in [4.78, 5) is 24.1. The van der Waals surface area contributed by atoms with Crippen LogP contribution in [0, 0.1) is 0 Å². The van der Waals surface area contributed by atoms with Gasteiger partial charge in [-0.2, -0.15) is 0 Å². The quantitative estimate of drug-likeness (QED) is 0.677. The monoisotopic (exact) mass is 316 g/mol. The summed E-state index contributed by atoms with van der Waals surface area (Å²) in [6.45, 7) is 0.166. The van der Waals surface area contributed by atoms with E-state index in [1.807, 2.05) is 0 Å². The van der Waals surface area contributed by atoms with E-state index in [0.29, 0.717) is 17.2 Å². The lowest BCUT2D eigenvalue weighted by molar-refractivity contribution is -0.672. The van der Waals surface area contributed by atoms with E-state index < -0.39 is 11.5 Å². The molecule has 0 aliphatic rings. The molecule has 0 spiro atoms. The van der Waals surface area contributed by atoms with E-state index in [9.17, 15) is 9.59 Å². The van der Waals surface area contributed by atoms with Crippen LogP contribution in [-0.4, -0.2) is 18.3 Å². The maximum absolute atomic E-state index is 12.3. The predicted octanol–water partition coefficient (Wildman–Crippen LogP) is 0.776. The van der Waals surface area contributed by atoms with Crippen LogP contribution < -0.4 is 20.4 Å². The molecule has 2 heterocycles. The van der Waals surface area contributed by atoms with Gasteiger partial charge in [-0.25, -0.2) is 4.79 Å². The van der Waals surface area contributed by atoms with Crippen molar-refractivity contribution in [2.24, 2.45) is 0 Å². The number of hydrogen-bond donors (Lipinski definition) is 2. The summed E-state index contributed by atoms with van der Waals surface area (Å²) >= 11 is 0. The van der Waals surface area contributed by atoms with E-state index in [1.165, 1.54) is 10.9 Å². The fourth-order valence-electron chi connectivity index (χ4n) is 2.04. The molecule has 0 aliphatic carbocycles. The maximum atomic E-state index is 12.3. The molecule has 0 unspecified atom stereocenters. The van der Waals surface area contributed by atoms with Gasteiger partial charge in [0, 0.05) is 12.1 Å². The van der Waals surface area contributed by atoms with E-state index in [0.717, 1.165) is 0 Å². The second-order valence-electron chi connectivity index (χ2n) is 4.62. The fourth-order valence-corrected chi connectivity index (χ4v) is 2.04. The normalized spacial score (nSPS) is 10.5. The van der Waals surface area contributed by atoms with Crippen molar-refractivity contribution < 1.29 is 23.2 Å². The number of rotatable bonds is 5. The number of hydrogen-bond acceptors (Lipinski definition) is 5. The topological polar surface area (TPSA) is 101 Å². The molecule has 0 aliphatic heterocycles. The summed E-state index contributed by atoms with van der Waals surface area (Å²) in [5, 5.41) is 5.01. The van der Waals surface area contributed by atoms with Crippen LogP contribution in [0.3, 0.4) is 0 Å². The van der Waals surface area contributed by atoms with Crippen molar-refractivity contribution in [1.29, 1.82) is 0 Å². The average molecular weight is 316 g/mol. The molecule has 118 valence electrons. The van der Waals surface area contributed by atoms with Crippen molar-refractivity contribution in [3.05, 3.63) is 64.5 Å². The summed E-state index contributed by atoms with van der Waals surface area (Å²) in [5.41, 5.74) is -0.376. The number of aromatic amines is 1. The Kier molecular flexibility index (Phi) is 3.96. The van der Waals surface area contributed by atoms with Gasteiger partial charge in [0.25, 0.3) is 0 Å². The van der Waals surface area contributed by atoms with Crippen molar-refractivity contribution in [2.45, 2.75) is 6.54 Å². The van der Waals surface area contributed by atoms with Gasteiger partial charge in [-0.05, 0) is 34.2 Å². The highest BCUT2D eigenvalue weighted by molar-refractivity contribution is 5.90. The number of nitrogens with one attached hydrogen (secondary N) is 2. The Morgan fingerprint density at radius 2 is 2.09 bits per heavy atom. The van der Waals surface area contributed by atoms with Gasteiger partial charge < -0.3 is 14.5 Å². The summed E-state index contributed by atoms with van der Waals surface area (Å²) in [6, 6.07) is 10.2. The maximum Gasteiger partial charge on any atom is 0.441 e. The van der Waals surface area contributed by atoms with E-state index in [-0.39, 0.29) is 12.2 Å². The average Bonchev–Trinajstić information content (AvgIpc) is 3.22. The van der Waals surface area contributed by atoms with Crippen molar-refractivity contribution >= 4 is 5.91 Å². The van der Waals surface area contributed by atoms with E-state index in [1.54, 1.807) is 43.5 Å². The highest BCUT2D eigenvalue weighted by Crippen LogP contribution is 2.11. The Bertz CT molecular complexity index is 846. The number of amides is 1. The Hall–Kier alpha value is -3.29. The molecule has 2 N–H and O–H groups in total. The highest BCUT2D eigenvalue weighted by Gasteiger charge is 2.30. The Morgan fingerprint density at radius 1 is 1.30 bits per heavy atom. The smallest absolute Gasteiger partial charge is 0.441 e. The molecule has 1 aromatic carbocycles. The fraction of sp³-hybridized carbons (Fsp3) is 0.133.